The third kappa shape index (κ3) is 4.93. The van der Waals surface area contributed by atoms with Gasteiger partial charge in [0.05, 0.1) is 24.5 Å². The number of carbonyl (C=O) groups excluding carboxylic acids is 3. The number of hydrogen-bond donors (Lipinski definition) is 1. The topological polar surface area (TPSA) is 96.4 Å². The quantitative estimate of drug-likeness (QED) is 0.173. The summed E-state index contributed by atoms with van der Waals surface area (Å²) < 4.78 is 11.9. The number of alkyl halides is 1. The number of aliphatic hydroxyl groups is 1. The number of ether oxygens (including phenoxy) is 2. The van der Waals surface area contributed by atoms with E-state index >= 15 is 0 Å². The Kier molecular flexibility index (Phi) is 9.00. The van der Waals surface area contributed by atoms with Gasteiger partial charge in [0.2, 0.25) is 5.91 Å². The summed E-state index contributed by atoms with van der Waals surface area (Å²) in [6.45, 7) is 10.6. The molecule has 8 nitrogen and oxygen atoms in total. The molecule has 1 unspecified atom stereocenters. The van der Waals surface area contributed by atoms with E-state index in [1.165, 1.54) is 0 Å². The first-order chi connectivity index (χ1) is 18.2. The Morgan fingerprint density at radius 3 is 2.71 bits per heavy atom. The van der Waals surface area contributed by atoms with Gasteiger partial charge in [0.15, 0.2) is 0 Å². The summed E-state index contributed by atoms with van der Waals surface area (Å²) in [4.78, 5) is 44.9. The van der Waals surface area contributed by atoms with Gasteiger partial charge in [-0.2, -0.15) is 0 Å². The van der Waals surface area contributed by atoms with Crippen LogP contribution in [-0.4, -0.2) is 76.7 Å². The zero-order chi connectivity index (χ0) is 27.6. The molecule has 1 N–H and O–H groups in total. The van der Waals surface area contributed by atoms with Crippen molar-refractivity contribution in [3.05, 3.63) is 42.0 Å². The van der Waals surface area contributed by atoms with Crippen LogP contribution in [0.2, 0.25) is 0 Å². The molecular formula is C29H39BrN2O6. The number of aryl methyl sites for hydroxylation is 2. The number of carbonyl (C=O) groups is 3. The average Bonchev–Trinajstić information content (AvgIpc) is 3.47. The van der Waals surface area contributed by atoms with E-state index in [1.807, 2.05) is 32.0 Å². The maximum Gasteiger partial charge on any atom is 0.312 e. The Morgan fingerprint density at radius 2 is 2.03 bits per heavy atom. The first-order valence-corrected chi connectivity index (χ1v) is 14.5. The van der Waals surface area contributed by atoms with Crippen LogP contribution >= 0.6 is 15.9 Å². The number of fused-ring (bicyclic) bond motifs is 1. The zero-order valence-corrected chi connectivity index (χ0v) is 24.1. The number of nitrogens with zero attached hydrogens (tertiary/aromatic N) is 2. The van der Waals surface area contributed by atoms with E-state index in [0.717, 1.165) is 29.7 Å². The minimum atomic E-state index is -1.12. The molecule has 1 aromatic carbocycles. The van der Waals surface area contributed by atoms with Crippen LogP contribution < -0.4 is 4.90 Å². The molecule has 1 spiro atoms. The molecule has 0 saturated carbocycles. The number of unbranched alkanes of at least 4 members (excludes halogenated alkanes) is 3. The molecule has 1 aromatic rings. The van der Waals surface area contributed by atoms with Gasteiger partial charge < -0.3 is 24.4 Å². The third-order valence-corrected chi connectivity index (χ3v) is 8.97. The Bertz CT molecular complexity index is 1080. The molecular weight excluding hydrogens is 552 g/mol. The van der Waals surface area contributed by atoms with Gasteiger partial charge in [-0.25, -0.2) is 0 Å². The molecule has 0 aromatic heterocycles. The van der Waals surface area contributed by atoms with Gasteiger partial charge in [0, 0.05) is 30.2 Å². The van der Waals surface area contributed by atoms with Crippen molar-refractivity contribution < 1.29 is 29.0 Å². The smallest absolute Gasteiger partial charge is 0.312 e. The molecule has 3 aliphatic rings. The van der Waals surface area contributed by atoms with Gasteiger partial charge in [-0.05, 0) is 57.2 Å². The summed E-state index contributed by atoms with van der Waals surface area (Å²) >= 11 is 3.69. The van der Waals surface area contributed by atoms with Crippen LogP contribution in [0.1, 0.15) is 50.2 Å². The molecule has 0 aliphatic carbocycles. The SMILES string of the molecule is C=CCN(C(=O)[C@@H]1N(CCCCCCO)C(=O)[C@H]2[C@H](C(=O)OCC)[C@H]3O[C@@]12CC3Br)c1cc(C)ccc1C. The molecule has 3 aliphatic heterocycles. The van der Waals surface area contributed by atoms with Gasteiger partial charge in [0.1, 0.15) is 11.6 Å². The van der Waals surface area contributed by atoms with Crippen molar-refractivity contribution in [1.29, 1.82) is 0 Å². The molecule has 3 fully saturated rings. The van der Waals surface area contributed by atoms with Crippen molar-refractivity contribution in [2.24, 2.45) is 11.8 Å². The average molecular weight is 592 g/mol. The van der Waals surface area contributed by atoms with Crippen LogP contribution in [0, 0.1) is 25.7 Å². The molecule has 3 heterocycles. The molecule has 4 rings (SSSR count). The van der Waals surface area contributed by atoms with Crippen LogP contribution in [0.3, 0.4) is 0 Å². The predicted octanol–water partition coefficient (Wildman–Crippen LogP) is 3.69. The van der Waals surface area contributed by atoms with Crippen molar-refractivity contribution >= 4 is 39.4 Å². The summed E-state index contributed by atoms with van der Waals surface area (Å²) in [5, 5.41) is 9.14. The molecule has 208 valence electrons. The fraction of sp³-hybridized carbons (Fsp3) is 0.621. The van der Waals surface area contributed by atoms with Crippen LogP contribution in [-0.2, 0) is 23.9 Å². The van der Waals surface area contributed by atoms with Crippen molar-refractivity contribution in [3.63, 3.8) is 0 Å². The highest BCUT2D eigenvalue weighted by molar-refractivity contribution is 9.09. The third-order valence-electron chi connectivity index (χ3n) is 8.12. The Balaban J connectivity index is 1.75. The molecule has 3 saturated heterocycles. The number of esters is 1. The van der Waals surface area contributed by atoms with Gasteiger partial charge >= 0.3 is 5.97 Å². The van der Waals surface area contributed by atoms with Crippen molar-refractivity contribution in [3.8, 4) is 0 Å². The monoisotopic (exact) mass is 590 g/mol. The van der Waals surface area contributed by atoms with E-state index in [2.05, 4.69) is 22.5 Å². The minimum absolute atomic E-state index is 0.129. The van der Waals surface area contributed by atoms with Gasteiger partial charge in [0.25, 0.3) is 5.91 Å². The Hall–Kier alpha value is -2.23. The highest BCUT2D eigenvalue weighted by Gasteiger charge is 2.77. The highest BCUT2D eigenvalue weighted by Crippen LogP contribution is 2.60. The maximum atomic E-state index is 14.6. The molecule has 6 atom stereocenters. The van der Waals surface area contributed by atoms with E-state index in [-0.39, 0.29) is 36.4 Å². The summed E-state index contributed by atoms with van der Waals surface area (Å²) in [5.41, 5.74) is 1.62. The van der Waals surface area contributed by atoms with E-state index in [9.17, 15) is 14.4 Å². The number of aliphatic hydroxyl groups excluding tert-OH is 1. The van der Waals surface area contributed by atoms with E-state index in [4.69, 9.17) is 14.6 Å². The van der Waals surface area contributed by atoms with Crippen LogP contribution in [0.4, 0.5) is 5.69 Å². The van der Waals surface area contributed by atoms with Gasteiger partial charge in [-0.3, -0.25) is 14.4 Å². The second kappa shape index (κ2) is 11.9. The van der Waals surface area contributed by atoms with Crippen LogP contribution in [0.25, 0.3) is 0 Å². The molecule has 9 heteroatoms. The lowest BCUT2D eigenvalue weighted by molar-refractivity contribution is -0.154. The molecule has 2 amide bonds. The molecule has 2 bridgehead atoms. The fourth-order valence-corrected chi connectivity index (χ4v) is 7.44. The lowest BCUT2D eigenvalue weighted by atomic mass is 9.70. The van der Waals surface area contributed by atoms with E-state index in [0.29, 0.717) is 25.8 Å². The van der Waals surface area contributed by atoms with Gasteiger partial charge in [-0.15, -0.1) is 6.58 Å². The van der Waals surface area contributed by atoms with Crippen molar-refractivity contribution in [1.82, 2.24) is 4.90 Å². The van der Waals surface area contributed by atoms with Crippen molar-refractivity contribution in [2.75, 3.05) is 31.2 Å². The minimum Gasteiger partial charge on any atom is -0.466 e. The van der Waals surface area contributed by atoms with Gasteiger partial charge in [-0.1, -0.05) is 47.0 Å². The normalized spacial score (nSPS) is 29.4. The lowest BCUT2D eigenvalue weighted by Crippen LogP contribution is -2.57. The number of likely N-dealkylation sites (tertiary alicyclic amines) is 1. The zero-order valence-electron chi connectivity index (χ0n) is 22.5. The second-order valence-electron chi connectivity index (χ2n) is 10.6. The largest absolute Gasteiger partial charge is 0.466 e. The number of benzene rings is 1. The number of halogens is 1. The summed E-state index contributed by atoms with van der Waals surface area (Å²) in [6, 6.07) is 5.09. The number of rotatable bonds is 12. The lowest BCUT2D eigenvalue weighted by Gasteiger charge is -2.37. The molecule has 38 heavy (non-hydrogen) atoms. The van der Waals surface area contributed by atoms with Crippen LogP contribution in [0.5, 0.6) is 0 Å². The summed E-state index contributed by atoms with van der Waals surface area (Å²) in [6.07, 6.45) is 4.66. The highest BCUT2D eigenvalue weighted by atomic mass is 79.9. The number of hydrogen-bond acceptors (Lipinski definition) is 6. The van der Waals surface area contributed by atoms with Crippen LogP contribution in [0.15, 0.2) is 30.9 Å². The van der Waals surface area contributed by atoms with E-state index in [1.54, 1.807) is 22.8 Å². The van der Waals surface area contributed by atoms with E-state index < -0.39 is 35.6 Å². The number of anilines is 1. The fourth-order valence-electron chi connectivity index (χ4n) is 6.50. The van der Waals surface area contributed by atoms with Crippen molar-refractivity contribution in [2.45, 2.75) is 75.4 Å². The standard InChI is InChI=1S/C29H39BrN2O6/c1-5-13-31(21-16-18(3)11-12-19(21)4)27(35)25-29-17-20(30)24(38-29)22(28(36)37-6-2)23(29)26(34)32(25)14-9-7-8-10-15-33/h5,11-12,16,20,22-25,33H,1,6-10,13-15,17H2,2-4H3/t20?,22-,23+,24-,25-,29+/m0/s1. The maximum absolute atomic E-state index is 14.6. The second-order valence-corrected chi connectivity index (χ2v) is 11.8. The summed E-state index contributed by atoms with van der Waals surface area (Å²) in [5.74, 6) is -2.42. The first kappa shape index (κ1) is 28.8. The number of amides is 2. The molecule has 0 radical (unpaired) electrons. The predicted molar refractivity (Wildman–Crippen MR) is 148 cm³/mol. The Labute approximate surface area is 233 Å². The Morgan fingerprint density at radius 1 is 1.29 bits per heavy atom. The summed E-state index contributed by atoms with van der Waals surface area (Å²) in [7, 11) is 0. The first-order valence-electron chi connectivity index (χ1n) is 13.6.